The van der Waals surface area contributed by atoms with Crippen LogP contribution in [-0.4, -0.2) is 32.8 Å². The lowest BCUT2D eigenvalue weighted by molar-refractivity contribution is -0.129. The number of likely N-dealkylation sites (N-methyl/N-ethyl adjacent to an activating group) is 1. The van der Waals surface area contributed by atoms with Gasteiger partial charge in [-0.05, 0) is 18.4 Å². The molecule has 130 valence electrons. The molecule has 0 atom stereocenters. The smallest absolute Gasteiger partial charge is 0.325 e. The molecule has 0 fully saturated rings. The highest BCUT2D eigenvalue weighted by Crippen LogP contribution is 2.28. The van der Waals surface area contributed by atoms with Gasteiger partial charge in [0, 0.05) is 23.7 Å². The number of aromatic nitrogens is 3. The summed E-state index contributed by atoms with van der Waals surface area (Å²) >= 11 is 3.16. The molecule has 25 heavy (non-hydrogen) atoms. The van der Waals surface area contributed by atoms with Crippen molar-refractivity contribution in [3.63, 3.8) is 0 Å². The molecule has 0 saturated heterocycles. The number of amides is 1. The van der Waals surface area contributed by atoms with Crippen LogP contribution < -0.4 is 11.2 Å². The normalized spacial score (nSPS) is 10.8. The van der Waals surface area contributed by atoms with Gasteiger partial charge in [-0.1, -0.05) is 6.07 Å². The lowest BCUT2D eigenvalue weighted by atomic mass is 10.1. The van der Waals surface area contributed by atoms with Gasteiger partial charge in [-0.3, -0.25) is 14.6 Å². The van der Waals surface area contributed by atoms with E-state index in [0.29, 0.717) is 12.2 Å². The maximum atomic E-state index is 12.4. The fourth-order valence-corrected chi connectivity index (χ4v) is 3.97. The number of rotatable bonds is 5. The number of carbonyl (C=O) groups excluding carboxylic acids is 1. The van der Waals surface area contributed by atoms with Crippen molar-refractivity contribution >= 4 is 28.6 Å². The summed E-state index contributed by atoms with van der Waals surface area (Å²) in [7, 11) is 1.67. The number of aryl methyl sites for hydroxylation is 1. The molecular formula is C16H16N4O3S2. The zero-order valence-corrected chi connectivity index (χ0v) is 15.3. The maximum Gasteiger partial charge on any atom is 0.325 e. The van der Waals surface area contributed by atoms with E-state index < -0.39 is 11.2 Å². The molecule has 7 nitrogen and oxygen atoms in total. The fraction of sp³-hybridized carbons (Fsp3) is 0.250. The second kappa shape index (κ2) is 7.16. The van der Waals surface area contributed by atoms with Crippen LogP contribution >= 0.6 is 22.7 Å². The molecule has 1 amide bonds. The largest absolute Gasteiger partial charge is 0.340 e. The number of aromatic amines is 2. The molecule has 0 aliphatic carbocycles. The summed E-state index contributed by atoms with van der Waals surface area (Å²) in [6, 6.07) is 3.98. The number of thiazole rings is 1. The summed E-state index contributed by atoms with van der Waals surface area (Å²) in [5.74, 6) is -0.216. The number of nitrogens with zero attached hydrogens (tertiary/aromatic N) is 2. The van der Waals surface area contributed by atoms with E-state index in [0.717, 1.165) is 15.6 Å². The van der Waals surface area contributed by atoms with Crippen LogP contribution in [0.1, 0.15) is 17.0 Å². The van der Waals surface area contributed by atoms with Crippen molar-refractivity contribution in [2.45, 2.75) is 19.9 Å². The summed E-state index contributed by atoms with van der Waals surface area (Å²) < 4.78 is 0. The third-order valence-electron chi connectivity index (χ3n) is 3.69. The first-order chi connectivity index (χ1) is 11.9. The minimum Gasteiger partial charge on any atom is -0.340 e. The molecule has 0 aliphatic rings. The number of H-pyrrole nitrogens is 2. The average Bonchev–Trinajstić information content (AvgIpc) is 3.21. The summed E-state index contributed by atoms with van der Waals surface area (Å²) in [5.41, 5.74) is 0.377. The monoisotopic (exact) mass is 376 g/mol. The Hall–Kier alpha value is -2.52. The zero-order chi connectivity index (χ0) is 18.0. The van der Waals surface area contributed by atoms with Gasteiger partial charge < -0.3 is 9.88 Å². The number of thiophene rings is 1. The number of nitrogens with one attached hydrogen (secondary N) is 2. The first-order valence-corrected chi connectivity index (χ1v) is 9.24. The van der Waals surface area contributed by atoms with Gasteiger partial charge in [-0.15, -0.1) is 22.7 Å². The first-order valence-electron chi connectivity index (χ1n) is 7.48. The van der Waals surface area contributed by atoms with Gasteiger partial charge in [0.2, 0.25) is 5.91 Å². The van der Waals surface area contributed by atoms with Crippen LogP contribution in [0.2, 0.25) is 0 Å². The van der Waals surface area contributed by atoms with Crippen molar-refractivity contribution in [1.29, 1.82) is 0 Å². The van der Waals surface area contributed by atoms with Gasteiger partial charge >= 0.3 is 5.69 Å². The molecule has 0 saturated carbocycles. The van der Waals surface area contributed by atoms with E-state index in [1.807, 2.05) is 22.9 Å². The average molecular weight is 376 g/mol. The SMILES string of the molecule is Cc1[nH]c(=O)[nH]c(=O)c1CC(=O)N(C)Cc1csc(-c2cccs2)n1. The van der Waals surface area contributed by atoms with Crippen LogP contribution in [0.25, 0.3) is 9.88 Å². The first kappa shape index (κ1) is 17.3. The Balaban J connectivity index is 1.69. The molecule has 3 aromatic heterocycles. The van der Waals surface area contributed by atoms with E-state index in [2.05, 4.69) is 15.0 Å². The van der Waals surface area contributed by atoms with E-state index >= 15 is 0 Å². The van der Waals surface area contributed by atoms with E-state index in [9.17, 15) is 14.4 Å². The Bertz CT molecular complexity index is 1000. The van der Waals surface area contributed by atoms with Gasteiger partial charge in [0.25, 0.3) is 5.56 Å². The molecule has 0 unspecified atom stereocenters. The maximum absolute atomic E-state index is 12.4. The van der Waals surface area contributed by atoms with Crippen LogP contribution in [0.5, 0.6) is 0 Å². The van der Waals surface area contributed by atoms with Gasteiger partial charge in [0.15, 0.2) is 0 Å². The van der Waals surface area contributed by atoms with E-state index in [1.54, 1.807) is 25.3 Å². The van der Waals surface area contributed by atoms with Crippen molar-refractivity contribution in [3.05, 3.63) is 60.7 Å². The Morgan fingerprint density at radius 3 is 2.76 bits per heavy atom. The third-order valence-corrected chi connectivity index (χ3v) is 5.62. The molecular weight excluding hydrogens is 360 g/mol. The second-order valence-electron chi connectivity index (χ2n) is 5.56. The molecule has 2 N–H and O–H groups in total. The van der Waals surface area contributed by atoms with Gasteiger partial charge in [-0.25, -0.2) is 9.78 Å². The molecule has 0 bridgehead atoms. The summed E-state index contributed by atoms with van der Waals surface area (Å²) in [4.78, 5) is 47.3. The standard InChI is InChI=1S/C16H16N4O3S2/c1-9-11(14(22)19-16(23)17-9)6-13(21)20(2)7-10-8-25-15(18-10)12-4-3-5-24-12/h3-5,8H,6-7H2,1-2H3,(H2,17,19,22,23). The topological polar surface area (TPSA) is 98.9 Å². The minimum absolute atomic E-state index is 0.0731. The van der Waals surface area contributed by atoms with Gasteiger partial charge in [-0.2, -0.15) is 0 Å². The fourth-order valence-electron chi connectivity index (χ4n) is 2.35. The lowest BCUT2D eigenvalue weighted by Crippen LogP contribution is -2.33. The number of hydrogen-bond acceptors (Lipinski definition) is 6. The van der Waals surface area contributed by atoms with Crippen LogP contribution in [0.3, 0.4) is 0 Å². The second-order valence-corrected chi connectivity index (χ2v) is 7.37. The van der Waals surface area contributed by atoms with Gasteiger partial charge in [0.1, 0.15) is 5.01 Å². The summed E-state index contributed by atoms with van der Waals surface area (Å²) in [6.07, 6.45) is -0.0731. The summed E-state index contributed by atoms with van der Waals surface area (Å²) in [5, 5.41) is 4.85. The van der Waals surface area contributed by atoms with E-state index in [4.69, 9.17) is 0 Å². The highest BCUT2D eigenvalue weighted by Gasteiger charge is 2.16. The third kappa shape index (κ3) is 3.94. The van der Waals surface area contributed by atoms with Crippen LogP contribution in [0.15, 0.2) is 32.5 Å². The van der Waals surface area contributed by atoms with Crippen molar-refractivity contribution in [3.8, 4) is 9.88 Å². The van der Waals surface area contributed by atoms with Crippen LogP contribution in [0.4, 0.5) is 0 Å². The lowest BCUT2D eigenvalue weighted by Gasteiger charge is -2.16. The molecule has 0 radical (unpaired) electrons. The molecule has 3 heterocycles. The number of carbonyl (C=O) groups is 1. The highest BCUT2D eigenvalue weighted by molar-refractivity contribution is 7.20. The quantitative estimate of drug-likeness (QED) is 0.709. The van der Waals surface area contributed by atoms with E-state index in [1.165, 1.54) is 16.2 Å². The predicted octanol–water partition coefficient (Wildman–Crippen LogP) is 1.76. The molecule has 0 aromatic carbocycles. The Kier molecular flexibility index (Phi) is 4.95. The Morgan fingerprint density at radius 1 is 1.28 bits per heavy atom. The molecule has 3 rings (SSSR count). The molecule has 9 heteroatoms. The Labute approximate surface area is 151 Å². The number of hydrogen-bond donors (Lipinski definition) is 2. The molecule has 0 spiro atoms. The molecule has 3 aromatic rings. The minimum atomic E-state index is -0.573. The van der Waals surface area contributed by atoms with Crippen molar-refractivity contribution in [2.24, 2.45) is 0 Å². The van der Waals surface area contributed by atoms with Crippen LogP contribution in [0, 0.1) is 6.92 Å². The molecule has 0 aliphatic heterocycles. The predicted molar refractivity (Wildman–Crippen MR) is 98.0 cm³/mol. The zero-order valence-electron chi connectivity index (χ0n) is 13.7. The Morgan fingerprint density at radius 2 is 2.08 bits per heavy atom. The van der Waals surface area contributed by atoms with E-state index in [-0.39, 0.29) is 17.9 Å². The van der Waals surface area contributed by atoms with Crippen molar-refractivity contribution in [2.75, 3.05) is 7.05 Å². The van der Waals surface area contributed by atoms with Crippen molar-refractivity contribution in [1.82, 2.24) is 19.9 Å². The van der Waals surface area contributed by atoms with Crippen LogP contribution in [-0.2, 0) is 17.8 Å². The highest BCUT2D eigenvalue weighted by atomic mass is 32.1. The summed E-state index contributed by atoms with van der Waals surface area (Å²) in [6.45, 7) is 1.97. The van der Waals surface area contributed by atoms with Gasteiger partial charge in [0.05, 0.1) is 23.5 Å². The van der Waals surface area contributed by atoms with Crippen molar-refractivity contribution < 1.29 is 4.79 Å².